The summed E-state index contributed by atoms with van der Waals surface area (Å²) in [6.07, 6.45) is 0.221. The summed E-state index contributed by atoms with van der Waals surface area (Å²) in [5.74, 6) is -5.75. The van der Waals surface area contributed by atoms with Crippen LogP contribution in [0, 0.1) is 23.3 Å². The lowest BCUT2D eigenvalue weighted by molar-refractivity contribution is -0.120. The average Bonchev–Trinajstić information content (AvgIpc) is 2.29. The monoisotopic (exact) mass is 261 g/mol. The van der Waals surface area contributed by atoms with Gasteiger partial charge in [0.2, 0.25) is 0 Å². The van der Waals surface area contributed by atoms with Gasteiger partial charge >= 0.3 is 0 Å². The Labute approximate surface area is 101 Å². The molecule has 1 aromatic rings. The first kappa shape index (κ1) is 12.9. The molecule has 6 heteroatoms. The van der Waals surface area contributed by atoms with Gasteiger partial charge in [-0.1, -0.05) is 0 Å². The van der Waals surface area contributed by atoms with E-state index >= 15 is 0 Å². The zero-order chi connectivity index (χ0) is 13.4. The predicted molar refractivity (Wildman–Crippen MR) is 57.3 cm³/mol. The highest BCUT2D eigenvalue weighted by Gasteiger charge is 2.30. The van der Waals surface area contributed by atoms with E-state index < -0.39 is 35.0 Å². The van der Waals surface area contributed by atoms with Crippen molar-refractivity contribution >= 4 is 11.5 Å². The Hall–Kier alpha value is -1.59. The van der Waals surface area contributed by atoms with Gasteiger partial charge in [-0.3, -0.25) is 4.79 Å². The minimum absolute atomic E-state index is 0.0311. The highest BCUT2D eigenvalue weighted by molar-refractivity contribution is 5.81. The van der Waals surface area contributed by atoms with Crippen LogP contribution >= 0.6 is 0 Å². The Bertz CT molecular complexity index is 477. The predicted octanol–water partition coefficient (Wildman–Crippen LogP) is 2.80. The molecule has 18 heavy (non-hydrogen) atoms. The molecule has 1 aliphatic rings. The van der Waals surface area contributed by atoms with E-state index in [1.807, 2.05) is 0 Å². The SMILES string of the molecule is CC1CC(=O)CCN1c1c(F)c(F)cc(F)c1F. The van der Waals surface area contributed by atoms with E-state index in [1.165, 1.54) is 4.90 Å². The van der Waals surface area contributed by atoms with Gasteiger partial charge in [0.05, 0.1) is 0 Å². The van der Waals surface area contributed by atoms with E-state index in [2.05, 4.69) is 0 Å². The zero-order valence-electron chi connectivity index (χ0n) is 9.64. The van der Waals surface area contributed by atoms with E-state index in [0.717, 1.165) is 0 Å². The maximum Gasteiger partial charge on any atom is 0.185 e. The first-order valence-electron chi connectivity index (χ1n) is 5.53. The van der Waals surface area contributed by atoms with Gasteiger partial charge in [-0.25, -0.2) is 17.6 Å². The van der Waals surface area contributed by atoms with Crippen LogP contribution in [0.1, 0.15) is 19.8 Å². The Morgan fingerprint density at radius 1 is 1.17 bits per heavy atom. The first-order valence-corrected chi connectivity index (χ1v) is 5.53. The van der Waals surface area contributed by atoms with Crippen molar-refractivity contribution in [1.82, 2.24) is 0 Å². The maximum absolute atomic E-state index is 13.6. The fourth-order valence-corrected chi connectivity index (χ4v) is 2.15. The molecule has 0 aromatic heterocycles. The molecule has 0 aliphatic carbocycles. The van der Waals surface area contributed by atoms with Crippen LogP contribution in [-0.2, 0) is 4.79 Å². The molecular formula is C12H11F4NO. The largest absolute Gasteiger partial charge is 0.363 e. The molecule has 1 fully saturated rings. The van der Waals surface area contributed by atoms with E-state index in [9.17, 15) is 22.4 Å². The molecule has 98 valence electrons. The van der Waals surface area contributed by atoms with Gasteiger partial charge < -0.3 is 4.90 Å². The molecule has 0 N–H and O–H groups in total. The molecule has 0 radical (unpaired) electrons. The summed E-state index contributed by atoms with van der Waals surface area (Å²) in [4.78, 5) is 12.4. The number of ketones is 1. The Morgan fingerprint density at radius 2 is 1.72 bits per heavy atom. The average molecular weight is 261 g/mol. The number of rotatable bonds is 1. The number of hydrogen-bond donors (Lipinski definition) is 0. The standard InChI is InChI=1S/C12H11F4NO/c1-6-4-7(18)2-3-17(6)12-10(15)8(13)5-9(14)11(12)16/h5-6H,2-4H2,1H3. The van der Waals surface area contributed by atoms with Crippen LogP contribution < -0.4 is 4.90 Å². The van der Waals surface area contributed by atoms with Crippen LogP contribution in [0.3, 0.4) is 0 Å². The number of carbonyl (C=O) groups is 1. The Kier molecular flexibility index (Phi) is 3.28. The second-order valence-electron chi connectivity index (χ2n) is 4.35. The maximum atomic E-state index is 13.6. The minimum atomic E-state index is -1.44. The van der Waals surface area contributed by atoms with Gasteiger partial charge in [-0.05, 0) is 6.92 Å². The lowest BCUT2D eigenvalue weighted by Gasteiger charge is -2.35. The fraction of sp³-hybridized carbons (Fsp3) is 0.417. The zero-order valence-corrected chi connectivity index (χ0v) is 9.64. The topological polar surface area (TPSA) is 20.3 Å². The van der Waals surface area contributed by atoms with Crippen LogP contribution in [-0.4, -0.2) is 18.4 Å². The molecule has 1 aromatic carbocycles. The van der Waals surface area contributed by atoms with E-state index in [1.54, 1.807) is 6.92 Å². The fourth-order valence-electron chi connectivity index (χ4n) is 2.15. The van der Waals surface area contributed by atoms with Crippen molar-refractivity contribution in [3.8, 4) is 0 Å². The Morgan fingerprint density at radius 3 is 2.22 bits per heavy atom. The van der Waals surface area contributed by atoms with Gasteiger partial charge in [0.1, 0.15) is 11.5 Å². The van der Waals surface area contributed by atoms with Gasteiger partial charge in [0.25, 0.3) is 0 Å². The molecule has 0 spiro atoms. The number of carbonyl (C=O) groups excluding carboxylic acids is 1. The molecular weight excluding hydrogens is 250 g/mol. The first-order chi connectivity index (χ1) is 8.41. The van der Waals surface area contributed by atoms with E-state index in [4.69, 9.17) is 0 Å². The second-order valence-corrected chi connectivity index (χ2v) is 4.35. The van der Waals surface area contributed by atoms with Crippen molar-refractivity contribution in [1.29, 1.82) is 0 Å². The van der Waals surface area contributed by atoms with Crippen LogP contribution in [0.4, 0.5) is 23.2 Å². The summed E-state index contributed by atoms with van der Waals surface area (Å²) >= 11 is 0. The normalized spacial score (nSPS) is 20.4. The van der Waals surface area contributed by atoms with Crippen molar-refractivity contribution in [2.24, 2.45) is 0 Å². The molecule has 2 rings (SSSR count). The van der Waals surface area contributed by atoms with Crippen molar-refractivity contribution in [3.05, 3.63) is 29.3 Å². The van der Waals surface area contributed by atoms with Crippen molar-refractivity contribution in [2.75, 3.05) is 11.4 Å². The van der Waals surface area contributed by atoms with Crippen molar-refractivity contribution < 1.29 is 22.4 Å². The lowest BCUT2D eigenvalue weighted by Crippen LogP contribution is -2.42. The number of hydrogen-bond acceptors (Lipinski definition) is 2. The van der Waals surface area contributed by atoms with Gasteiger partial charge in [-0.15, -0.1) is 0 Å². The van der Waals surface area contributed by atoms with E-state index in [-0.39, 0.29) is 31.2 Å². The molecule has 0 bridgehead atoms. The summed E-state index contributed by atoms with van der Waals surface area (Å²) in [6.45, 7) is 1.63. The minimum Gasteiger partial charge on any atom is -0.363 e. The highest BCUT2D eigenvalue weighted by atomic mass is 19.2. The molecule has 1 heterocycles. The molecule has 1 saturated heterocycles. The van der Waals surface area contributed by atoms with Crippen LogP contribution in [0.25, 0.3) is 0 Å². The third-order valence-electron chi connectivity index (χ3n) is 3.06. The van der Waals surface area contributed by atoms with Gasteiger partial charge in [0.15, 0.2) is 23.3 Å². The molecule has 0 saturated carbocycles. The quantitative estimate of drug-likeness (QED) is 0.572. The molecule has 1 atom stereocenters. The number of piperidine rings is 1. The molecule has 1 unspecified atom stereocenters. The van der Waals surface area contributed by atoms with Crippen LogP contribution in [0.2, 0.25) is 0 Å². The van der Waals surface area contributed by atoms with Gasteiger partial charge in [0, 0.05) is 31.5 Å². The Balaban J connectivity index is 2.47. The number of benzene rings is 1. The third kappa shape index (κ3) is 2.07. The summed E-state index contributed by atoms with van der Waals surface area (Å²) in [6, 6.07) is -0.315. The number of nitrogens with zero attached hydrogens (tertiary/aromatic N) is 1. The van der Waals surface area contributed by atoms with Crippen LogP contribution in [0.5, 0.6) is 0 Å². The van der Waals surface area contributed by atoms with Crippen molar-refractivity contribution in [2.45, 2.75) is 25.8 Å². The molecule has 1 aliphatic heterocycles. The molecule has 0 amide bonds. The lowest BCUT2D eigenvalue weighted by atomic mass is 10.0. The van der Waals surface area contributed by atoms with Crippen LogP contribution in [0.15, 0.2) is 6.07 Å². The highest BCUT2D eigenvalue weighted by Crippen LogP contribution is 2.31. The van der Waals surface area contributed by atoms with Crippen molar-refractivity contribution in [3.63, 3.8) is 0 Å². The number of Topliss-reactive ketones (excluding diaryl/α,β-unsaturated/α-hetero) is 1. The summed E-state index contributed by atoms with van der Waals surface area (Å²) < 4.78 is 53.4. The number of anilines is 1. The second kappa shape index (κ2) is 4.59. The summed E-state index contributed by atoms with van der Waals surface area (Å²) in [5.41, 5.74) is -0.729. The summed E-state index contributed by atoms with van der Waals surface area (Å²) in [7, 11) is 0. The van der Waals surface area contributed by atoms with Gasteiger partial charge in [-0.2, -0.15) is 0 Å². The number of halogens is 4. The smallest absolute Gasteiger partial charge is 0.185 e. The van der Waals surface area contributed by atoms with E-state index in [0.29, 0.717) is 0 Å². The summed E-state index contributed by atoms with van der Waals surface area (Å²) in [5, 5.41) is 0. The molecule has 2 nitrogen and oxygen atoms in total. The third-order valence-corrected chi connectivity index (χ3v) is 3.06.